The van der Waals surface area contributed by atoms with E-state index < -0.39 is 23.5 Å². The predicted molar refractivity (Wildman–Crippen MR) is 82.8 cm³/mol. The van der Waals surface area contributed by atoms with Crippen molar-refractivity contribution >= 4 is 29.1 Å². The number of carbonyl (C=O) groups is 3. The zero-order valence-electron chi connectivity index (χ0n) is 12.4. The van der Waals surface area contributed by atoms with E-state index in [0.717, 1.165) is 19.3 Å². The third-order valence-electron chi connectivity index (χ3n) is 3.96. The van der Waals surface area contributed by atoms with Crippen molar-refractivity contribution in [2.24, 2.45) is 0 Å². The Hall–Kier alpha value is -1.89. The molecule has 1 aliphatic carbocycles. The van der Waals surface area contributed by atoms with Crippen LogP contribution < -0.4 is 10.6 Å². The van der Waals surface area contributed by atoms with Crippen molar-refractivity contribution in [3.05, 3.63) is 22.4 Å². The minimum absolute atomic E-state index is 0.328. The Labute approximate surface area is 132 Å². The van der Waals surface area contributed by atoms with Gasteiger partial charge in [-0.1, -0.05) is 25.3 Å². The van der Waals surface area contributed by atoms with Gasteiger partial charge in [0.25, 0.3) is 5.91 Å². The zero-order valence-corrected chi connectivity index (χ0v) is 13.2. The van der Waals surface area contributed by atoms with Crippen LogP contribution in [-0.2, 0) is 9.59 Å². The minimum atomic E-state index is -1.20. The molecule has 1 aliphatic rings. The summed E-state index contributed by atoms with van der Waals surface area (Å²) in [5.74, 6) is -1.79. The first-order chi connectivity index (χ1) is 10.4. The van der Waals surface area contributed by atoms with E-state index in [1.165, 1.54) is 11.3 Å². The van der Waals surface area contributed by atoms with Crippen molar-refractivity contribution < 1.29 is 19.5 Å². The molecule has 6 nitrogen and oxygen atoms in total. The highest BCUT2D eigenvalue weighted by atomic mass is 32.1. The molecule has 3 N–H and O–H groups in total. The molecular weight excluding hydrogens is 304 g/mol. The van der Waals surface area contributed by atoms with E-state index in [0.29, 0.717) is 17.7 Å². The SMILES string of the molecule is CC(NC(=O)c1cccs1)C(=O)NC1(C(=O)O)CCCCC1. The Kier molecular flexibility index (Phi) is 5.18. The van der Waals surface area contributed by atoms with Crippen molar-refractivity contribution in [1.29, 1.82) is 0 Å². The van der Waals surface area contributed by atoms with E-state index in [1.54, 1.807) is 24.4 Å². The summed E-state index contributed by atoms with van der Waals surface area (Å²) in [6.45, 7) is 1.55. The van der Waals surface area contributed by atoms with Gasteiger partial charge in [0, 0.05) is 0 Å². The van der Waals surface area contributed by atoms with Crippen LogP contribution >= 0.6 is 11.3 Å². The van der Waals surface area contributed by atoms with Gasteiger partial charge in [0.05, 0.1) is 4.88 Å². The molecule has 1 unspecified atom stereocenters. The van der Waals surface area contributed by atoms with Crippen LogP contribution in [0.5, 0.6) is 0 Å². The summed E-state index contributed by atoms with van der Waals surface area (Å²) in [6.07, 6.45) is 3.40. The number of nitrogens with one attached hydrogen (secondary N) is 2. The van der Waals surface area contributed by atoms with Gasteiger partial charge in [-0.15, -0.1) is 11.3 Å². The zero-order chi connectivity index (χ0) is 16.2. The summed E-state index contributed by atoms with van der Waals surface area (Å²) >= 11 is 1.29. The summed E-state index contributed by atoms with van der Waals surface area (Å²) in [6, 6.07) is 2.64. The molecule has 120 valence electrons. The van der Waals surface area contributed by atoms with Crippen molar-refractivity contribution in [2.75, 3.05) is 0 Å². The van der Waals surface area contributed by atoms with Gasteiger partial charge in [-0.3, -0.25) is 9.59 Å². The standard InChI is InChI=1S/C15H20N2O4S/c1-10(16-13(19)11-6-5-9-22-11)12(18)17-15(14(20)21)7-3-2-4-8-15/h5-6,9-10H,2-4,7-8H2,1H3,(H,16,19)(H,17,18)(H,20,21). The Morgan fingerprint density at radius 1 is 1.27 bits per heavy atom. The van der Waals surface area contributed by atoms with Gasteiger partial charge in [-0.25, -0.2) is 4.79 Å². The summed E-state index contributed by atoms with van der Waals surface area (Å²) < 4.78 is 0. The molecule has 1 atom stereocenters. The highest BCUT2D eigenvalue weighted by Gasteiger charge is 2.41. The summed E-state index contributed by atoms with van der Waals surface area (Å²) in [4.78, 5) is 36.2. The fourth-order valence-electron chi connectivity index (χ4n) is 2.63. The molecule has 2 amide bonds. The fourth-order valence-corrected chi connectivity index (χ4v) is 3.26. The lowest BCUT2D eigenvalue weighted by Crippen LogP contribution is -2.59. The van der Waals surface area contributed by atoms with Gasteiger partial charge < -0.3 is 15.7 Å². The van der Waals surface area contributed by atoms with Crippen LogP contribution in [0.3, 0.4) is 0 Å². The van der Waals surface area contributed by atoms with Gasteiger partial charge in [0.15, 0.2) is 0 Å². The van der Waals surface area contributed by atoms with Crippen LogP contribution in [0.4, 0.5) is 0 Å². The van der Waals surface area contributed by atoms with Gasteiger partial charge in [0.2, 0.25) is 5.91 Å². The average Bonchev–Trinajstić information content (AvgIpc) is 3.02. The number of carboxylic acids is 1. The van der Waals surface area contributed by atoms with Crippen LogP contribution in [0.2, 0.25) is 0 Å². The molecule has 0 aliphatic heterocycles. The molecule has 2 rings (SSSR count). The van der Waals surface area contributed by atoms with Gasteiger partial charge in [-0.2, -0.15) is 0 Å². The second-order valence-corrected chi connectivity index (χ2v) is 6.56. The number of carboxylic acid groups (broad SMARTS) is 1. The molecule has 0 aromatic carbocycles. The van der Waals surface area contributed by atoms with Crippen molar-refractivity contribution in [2.45, 2.75) is 50.6 Å². The first kappa shape index (κ1) is 16.5. The molecule has 1 fully saturated rings. The van der Waals surface area contributed by atoms with Gasteiger partial charge >= 0.3 is 5.97 Å². The third-order valence-corrected chi connectivity index (χ3v) is 4.83. The summed E-state index contributed by atoms with van der Waals surface area (Å²) in [7, 11) is 0. The topological polar surface area (TPSA) is 95.5 Å². The van der Waals surface area contributed by atoms with E-state index >= 15 is 0 Å². The Morgan fingerprint density at radius 3 is 2.50 bits per heavy atom. The molecule has 1 aromatic heterocycles. The lowest BCUT2D eigenvalue weighted by atomic mass is 9.81. The first-order valence-electron chi connectivity index (χ1n) is 7.34. The summed E-state index contributed by atoms with van der Waals surface area (Å²) in [5, 5.41) is 16.5. The number of amides is 2. The summed E-state index contributed by atoms with van der Waals surface area (Å²) in [5.41, 5.74) is -1.20. The average molecular weight is 324 g/mol. The first-order valence-corrected chi connectivity index (χ1v) is 8.22. The van der Waals surface area contributed by atoms with E-state index in [1.807, 2.05) is 0 Å². The molecule has 0 radical (unpaired) electrons. The minimum Gasteiger partial charge on any atom is -0.480 e. The number of aliphatic carboxylic acids is 1. The Morgan fingerprint density at radius 2 is 1.95 bits per heavy atom. The van der Waals surface area contributed by atoms with Crippen molar-refractivity contribution in [3.8, 4) is 0 Å². The fraction of sp³-hybridized carbons (Fsp3) is 0.533. The van der Waals surface area contributed by atoms with E-state index in [2.05, 4.69) is 10.6 Å². The van der Waals surface area contributed by atoms with E-state index in [-0.39, 0.29) is 5.91 Å². The van der Waals surface area contributed by atoms with Gasteiger partial charge in [0.1, 0.15) is 11.6 Å². The van der Waals surface area contributed by atoms with E-state index in [9.17, 15) is 19.5 Å². The number of rotatable bonds is 5. The second-order valence-electron chi connectivity index (χ2n) is 5.61. The maximum Gasteiger partial charge on any atom is 0.329 e. The highest BCUT2D eigenvalue weighted by Crippen LogP contribution is 2.28. The van der Waals surface area contributed by atoms with Crippen LogP contribution in [-0.4, -0.2) is 34.5 Å². The number of carbonyl (C=O) groups excluding carboxylic acids is 2. The van der Waals surface area contributed by atoms with Crippen LogP contribution in [0.25, 0.3) is 0 Å². The Balaban J connectivity index is 1.97. The third kappa shape index (κ3) is 3.65. The number of thiophene rings is 1. The molecule has 1 heterocycles. The van der Waals surface area contributed by atoms with Crippen LogP contribution in [0, 0.1) is 0 Å². The molecule has 0 saturated heterocycles. The molecule has 7 heteroatoms. The molecular formula is C15H20N2O4S. The molecule has 22 heavy (non-hydrogen) atoms. The number of hydrogen-bond acceptors (Lipinski definition) is 4. The lowest BCUT2D eigenvalue weighted by molar-refractivity contribution is -0.149. The van der Waals surface area contributed by atoms with E-state index in [4.69, 9.17) is 0 Å². The molecule has 0 spiro atoms. The largest absolute Gasteiger partial charge is 0.480 e. The van der Waals surface area contributed by atoms with Gasteiger partial charge in [-0.05, 0) is 31.2 Å². The molecule has 1 aromatic rings. The van der Waals surface area contributed by atoms with Crippen molar-refractivity contribution in [1.82, 2.24) is 10.6 Å². The van der Waals surface area contributed by atoms with Crippen molar-refractivity contribution in [3.63, 3.8) is 0 Å². The van der Waals surface area contributed by atoms with Crippen LogP contribution in [0.1, 0.15) is 48.7 Å². The molecule has 1 saturated carbocycles. The monoisotopic (exact) mass is 324 g/mol. The lowest BCUT2D eigenvalue weighted by Gasteiger charge is -2.34. The highest BCUT2D eigenvalue weighted by molar-refractivity contribution is 7.12. The smallest absolute Gasteiger partial charge is 0.329 e. The maximum absolute atomic E-state index is 12.2. The predicted octanol–water partition coefficient (Wildman–Crippen LogP) is 1.77. The Bertz CT molecular complexity index is 550. The van der Waals surface area contributed by atoms with Crippen LogP contribution in [0.15, 0.2) is 17.5 Å². The maximum atomic E-state index is 12.2. The number of hydrogen-bond donors (Lipinski definition) is 3. The second kappa shape index (κ2) is 6.91. The normalized spacial score (nSPS) is 18.2. The molecule has 0 bridgehead atoms. The quantitative estimate of drug-likeness (QED) is 0.769.